The number of thiazole rings is 1. The van der Waals surface area contributed by atoms with E-state index < -0.39 is 0 Å². The zero-order valence-electron chi connectivity index (χ0n) is 11.3. The number of benzene rings is 1. The first-order chi connectivity index (χ1) is 10.3. The molecule has 0 unspecified atom stereocenters. The first-order valence-electron chi connectivity index (χ1n) is 6.70. The van der Waals surface area contributed by atoms with Crippen LogP contribution in [0.4, 0.5) is 0 Å². The van der Waals surface area contributed by atoms with Crippen molar-refractivity contribution >= 4 is 38.9 Å². The summed E-state index contributed by atoms with van der Waals surface area (Å²) in [6, 6.07) is 12.0. The molecule has 108 valence electrons. The number of hydrogen-bond acceptors (Lipinski definition) is 4. The van der Waals surface area contributed by atoms with Gasteiger partial charge in [0.25, 0.3) is 0 Å². The highest BCUT2D eigenvalue weighted by Gasteiger charge is 2.03. The number of furan rings is 1. The van der Waals surface area contributed by atoms with E-state index in [2.05, 4.69) is 21.7 Å². The largest absolute Gasteiger partial charge is 0.467 e. The van der Waals surface area contributed by atoms with E-state index in [0.717, 1.165) is 29.3 Å². The Morgan fingerprint density at radius 1 is 1.19 bits per heavy atom. The van der Waals surface area contributed by atoms with Crippen LogP contribution in [0.25, 0.3) is 10.2 Å². The van der Waals surface area contributed by atoms with E-state index in [-0.39, 0.29) is 0 Å². The molecule has 0 aliphatic rings. The average Bonchev–Trinajstić information content (AvgIpc) is 3.14. The maximum Gasteiger partial charge on any atom is 0.166 e. The third kappa shape index (κ3) is 3.80. The summed E-state index contributed by atoms with van der Waals surface area (Å²) in [5, 5.41) is 8.05. The van der Waals surface area contributed by atoms with Crippen LogP contribution >= 0.6 is 23.6 Å². The smallest absolute Gasteiger partial charge is 0.166 e. The lowest BCUT2D eigenvalue weighted by Gasteiger charge is -2.08. The molecule has 6 heteroatoms. The molecule has 3 aromatic rings. The highest BCUT2D eigenvalue weighted by molar-refractivity contribution is 7.80. The van der Waals surface area contributed by atoms with Gasteiger partial charge < -0.3 is 15.1 Å². The molecule has 3 rings (SSSR count). The standard InChI is InChI=1S/C15H15N3OS2/c20-15(17-10-11-4-3-9-19-11)16-8-7-14-18-12-5-1-2-6-13(12)21-14/h1-6,9H,7-8,10H2,(H2,16,17,20). The molecular formula is C15H15N3OS2. The van der Waals surface area contributed by atoms with Crippen molar-refractivity contribution in [2.45, 2.75) is 13.0 Å². The molecule has 0 aliphatic carbocycles. The number of nitrogens with zero attached hydrogens (tertiary/aromatic N) is 1. The van der Waals surface area contributed by atoms with E-state index in [1.54, 1.807) is 17.6 Å². The van der Waals surface area contributed by atoms with Gasteiger partial charge in [0, 0.05) is 13.0 Å². The highest BCUT2D eigenvalue weighted by atomic mass is 32.1. The van der Waals surface area contributed by atoms with Crippen LogP contribution in [-0.4, -0.2) is 16.6 Å². The number of nitrogens with one attached hydrogen (secondary N) is 2. The van der Waals surface area contributed by atoms with Gasteiger partial charge in [0.2, 0.25) is 0 Å². The van der Waals surface area contributed by atoms with Gasteiger partial charge in [-0.15, -0.1) is 11.3 Å². The van der Waals surface area contributed by atoms with E-state index in [1.807, 2.05) is 30.3 Å². The van der Waals surface area contributed by atoms with Gasteiger partial charge in [-0.05, 0) is 36.5 Å². The third-order valence-electron chi connectivity index (χ3n) is 2.97. The van der Waals surface area contributed by atoms with Gasteiger partial charge in [-0.25, -0.2) is 4.98 Å². The van der Waals surface area contributed by atoms with Crippen molar-refractivity contribution < 1.29 is 4.42 Å². The molecule has 21 heavy (non-hydrogen) atoms. The van der Waals surface area contributed by atoms with Crippen LogP contribution < -0.4 is 10.6 Å². The zero-order chi connectivity index (χ0) is 14.5. The SMILES string of the molecule is S=C(NCCc1nc2ccccc2s1)NCc1ccco1. The second kappa shape index (κ2) is 6.69. The van der Waals surface area contributed by atoms with Gasteiger partial charge in [0.15, 0.2) is 5.11 Å². The molecule has 2 aromatic heterocycles. The normalized spacial score (nSPS) is 10.7. The molecule has 2 N–H and O–H groups in total. The number of thiocarbonyl (C=S) groups is 1. The van der Waals surface area contributed by atoms with E-state index in [1.165, 1.54) is 4.70 Å². The zero-order valence-corrected chi connectivity index (χ0v) is 13.0. The molecule has 0 saturated carbocycles. The van der Waals surface area contributed by atoms with Crippen LogP contribution in [0.1, 0.15) is 10.8 Å². The van der Waals surface area contributed by atoms with Crippen molar-refractivity contribution in [2.24, 2.45) is 0 Å². The van der Waals surface area contributed by atoms with Gasteiger partial charge in [-0.3, -0.25) is 0 Å². The fourth-order valence-corrected chi connectivity index (χ4v) is 3.09. The van der Waals surface area contributed by atoms with Crippen LogP contribution in [0.3, 0.4) is 0 Å². The maximum atomic E-state index is 5.23. The fraction of sp³-hybridized carbons (Fsp3) is 0.200. The van der Waals surface area contributed by atoms with E-state index >= 15 is 0 Å². The summed E-state index contributed by atoms with van der Waals surface area (Å²) in [7, 11) is 0. The van der Waals surface area contributed by atoms with E-state index in [0.29, 0.717) is 11.7 Å². The molecule has 0 amide bonds. The Bertz CT molecular complexity index is 688. The molecule has 0 radical (unpaired) electrons. The van der Waals surface area contributed by atoms with Crippen molar-refractivity contribution in [3.63, 3.8) is 0 Å². The summed E-state index contributed by atoms with van der Waals surface area (Å²) in [6.07, 6.45) is 2.52. The molecule has 2 heterocycles. The van der Waals surface area contributed by atoms with Gasteiger partial charge in [0.1, 0.15) is 5.76 Å². The van der Waals surface area contributed by atoms with E-state index in [4.69, 9.17) is 16.6 Å². The summed E-state index contributed by atoms with van der Waals surface area (Å²) in [5.41, 5.74) is 1.07. The van der Waals surface area contributed by atoms with Crippen LogP contribution in [0.5, 0.6) is 0 Å². The van der Waals surface area contributed by atoms with Crippen molar-refractivity contribution in [1.82, 2.24) is 15.6 Å². The second-order valence-corrected chi connectivity index (χ2v) is 6.04. The summed E-state index contributed by atoms with van der Waals surface area (Å²) in [5.74, 6) is 0.866. The van der Waals surface area contributed by atoms with Gasteiger partial charge >= 0.3 is 0 Å². The van der Waals surface area contributed by atoms with Gasteiger partial charge in [-0.2, -0.15) is 0 Å². The number of para-hydroxylation sites is 1. The number of hydrogen-bond donors (Lipinski definition) is 2. The Labute approximate surface area is 132 Å². The van der Waals surface area contributed by atoms with Crippen molar-refractivity contribution in [3.8, 4) is 0 Å². The minimum atomic E-state index is 0.597. The van der Waals surface area contributed by atoms with Crippen molar-refractivity contribution in [2.75, 3.05) is 6.54 Å². The summed E-state index contributed by atoms with van der Waals surface area (Å²) < 4.78 is 6.46. The molecule has 0 atom stereocenters. The van der Waals surface area contributed by atoms with Gasteiger partial charge in [0.05, 0.1) is 28.0 Å². The van der Waals surface area contributed by atoms with Crippen molar-refractivity contribution in [3.05, 3.63) is 53.4 Å². The molecule has 1 aromatic carbocycles. The molecule has 0 spiro atoms. The van der Waals surface area contributed by atoms with Crippen LogP contribution in [0.2, 0.25) is 0 Å². The predicted octanol–water partition coefficient (Wildman–Crippen LogP) is 3.10. The molecule has 0 saturated heterocycles. The Kier molecular flexibility index (Phi) is 4.47. The molecule has 4 nitrogen and oxygen atoms in total. The maximum absolute atomic E-state index is 5.23. The van der Waals surface area contributed by atoms with Crippen LogP contribution in [0, 0.1) is 0 Å². The summed E-state index contributed by atoms with van der Waals surface area (Å²) in [4.78, 5) is 4.60. The first-order valence-corrected chi connectivity index (χ1v) is 7.92. The van der Waals surface area contributed by atoms with E-state index in [9.17, 15) is 0 Å². The Morgan fingerprint density at radius 2 is 2.10 bits per heavy atom. The summed E-state index contributed by atoms with van der Waals surface area (Å²) >= 11 is 6.96. The average molecular weight is 317 g/mol. The lowest BCUT2D eigenvalue weighted by molar-refractivity contribution is 0.502. The van der Waals surface area contributed by atoms with Gasteiger partial charge in [-0.1, -0.05) is 12.1 Å². The van der Waals surface area contributed by atoms with Crippen molar-refractivity contribution in [1.29, 1.82) is 0 Å². The Morgan fingerprint density at radius 3 is 2.90 bits per heavy atom. The van der Waals surface area contributed by atoms with Crippen LogP contribution in [0.15, 0.2) is 47.1 Å². The Hall–Kier alpha value is -1.92. The fourth-order valence-electron chi connectivity index (χ4n) is 1.95. The Balaban J connectivity index is 1.44. The highest BCUT2D eigenvalue weighted by Crippen LogP contribution is 2.21. The minimum Gasteiger partial charge on any atom is -0.467 e. The number of rotatable bonds is 5. The lowest BCUT2D eigenvalue weighted by Crippen LogP contribution is -2.35. The molecule has 0 bridgehead atoms. The molecular weight excluding hydrogens is 302 g/mol. The molecule has 0 fully saturated rings. The quantitative estimate of drug-likeness (QED) is 0.708. The minimum absolute atomic E-state index is 0.597. The monoisotopic (exact) mass is 317 g/mol. The predicted molar refractivity (Wildman–Crippen MR) is 89.5 cm³/mol. The lowest BCUT2D eigenvalue weighted by atomic mass is 10.3. The van der Waals surface area contributed by atoms with Crippen LogP contribution in [-0.2, 0) is 13.0 Å². The third-order valence-corrected chi connectivity index (χ3v) is 4.35. The number of aromatic nitrogens is 1. The second-order valence-electron chi connectivity index (χ2n) is 4.51. The molecule has 0 aliphatic heterocycles. The number of fused-ring (bicyclic) bond motifs is 1. The summed E-state index contributed by atoms with van der Waals surface area (Å²) in [6.45, 7) is 1.36. The first kappa shape index (κ1) is 14.0. The topological polar surface area (TPSA) is 50.1 Å².